The minimum atomic E-state index is 1.06. The SMILES string of the molecule is C1=CC(c2cccc(N(c3cccc(-c4ccccc4)c3)c3ccc4ccc5c(N(c6cccc(-c7ccccc7)c6)c6cccc(-c7ccccc7)c6)ccc6ccc3c4c65)c2)=CCC1. The molecule has 0 fully saturated rings. The number of rotatable bonds is 10. The Morgan fingerprint density at radius 2 is 0.652 bits per heavy atom. The molecule has 12 rings (SSSR count). The first kappa shape index (κ1) is 39.2. The van der Waals surface area contributed by atoms with Gasteiger partial charge in [0.15, 0.2) is 0 Å². The summed E-state index contributed by atoms with van der Waals surface area (Å²) < 4.78 is 0. The molecule has 0 bridgehead atoms. The van der Waals surface area contributed by atoms with Crippen LogP contribution in [0.2, 0.25) is 0 Å². The molecule has 0 saturated heterocycles. The molecule has 312 valence electrons. The van der Waals surface area contributed by atoms with Crippen molar-refractivity contribution in [3.8, 4) is 33.4 Å². The Balaban J connectivity index is 1.08. The monoisotopic (exact) mass is 842 g/mol. The van der Waals surface area contributed by atoms with Gasteiger partial charge in [-0.25, -0.2) is 0 Å². The Hall–Kier alpha value is -8.46. The second-order valence-corrected chi connectivity index (χ2v) is 17.2. The van der Waals surface area contributed by atoms with Gasteiger partial charge < -0.3 is 9.80 Å². The summed E-state index contributed by atoms with van der Waals surface area (Å²) in [6.07, 6.45) is 9.08. The maximum Gasteiger partial charge on any atom is 0.0540 e. The molecule has 11 aromatic carbocycles. The highest BCUT2D eigenvalue weighted by Gasteiger charge is 2.23. The largest absolute Gasteiger partial charge is 0.310 e. The Kier molecular flexibility index (Phi) is 10.0. The molecule has 0 N–H and O–H groups in total. The molecule has 1 aliphatic rings. The van der Waals surface area contributed by atoms with Gasteiger partial charge in [0.2, 0.25) is 0 Å². The normalized spacial score (nSPS) is 12.5. The van der Waals surface area contributed by atoms with Crippen molar-refractivity contribution in [1.29, 1.82) is 0 Å². The van der Waals surface area contributed by atoms with E-state index in [2.05, 4.69) is 265 Å². The van der Waals surface area contributed by atoms with E-state index in [1.54, 1.807) is 0 Å². The third kappa shape index (κ3) is 7.19. The zero-order valence-electron chi connectivity index (χ0n) is 36.6. The quantitative estimate of drug-likeness (QED) is 0.127. The smallest absolute Gasteiger partial charge is 0.0540 e. The molecule has 0 aromatic heterocycles. The van der Waals surface area contributed by atoms with Gasteiger partial charge in [0.25, 0.3) is 0 Å². The predicted molar refractivity (Wildman–Crippen MR) is 282 cm³/mol. The van der Waals surface area contributed by atoms with Crippen LogP contribution in [0.4, 0.5) is 34.1 Å². The van der Waals surface area contributed by atoms with Crippen molar-refractivity contribution >= 4 is 72.0 Å². The Morgan fingerprint density at radius 1 is 0.288 bits per heavy atom. The van der Waals surface area contributed by atoms with Crippen molar-refractivity contribution in [3.05, 3.63) is 260 Å². The lowest BCUT2D eigenvalue weighted by molar-refractivity contribution is 1.04. The second-order valence-electron chi connectivity index (χ2n) is 17.2. The Bertz CT molecular complexity index is 3500. The minimum absolute atomic E-state index is 1.06. The van der Waals surface area contributed by atoms with E-state index in [-0.39, 0.29) is 0 Å². The van der Waals surface area contributed by atoms with Crippen LogP contribution in [0.3, 0.4) is 0 Å². The molecule has 1 aliphatic carbocycles. The van der Waals surface area contributed by atoms with E-state index in [1.165, 1.54) is 76.8 Å². The first-order valence-electron chi connectivity index (χ1n) is 23.0. The molecule has 2 nitrogen and oxygen atoms in total. The molecular formula is C64H46N2. The van der Waals surface area contributed by atoms with Crippen LogP contribution in [-0.4, -0.2) is 0 Å². The molecule has 0 heterocycles. The van der Waals surface area contributed by atoms with E-state index in [9.17, 15) is 0 Å². The van der Waals surface area contributed by atoms with E-state index in [0.717, 1.165) is 47.0 Å². The fourth-order valence-electron chi connectivity index (χ4n) is 10.0. The Morgan fingerprint density at radius 3 is 1.05 bits per heavy atom. The zero-order chi connectivity index (χ0) is 43.8. The molecule has 0 amide bonds. The molecule has 0 unspecified atom stereocenters. The van der Waals surface area contributed by atoms with E-state index in [4.69, 9.17) is 0 Å². The fourth-order valence-corrected chi connectivity index (χ4v) is 10.0. The molecule has 11 aromatic rings. The van der Waals surface area contributed by atoms with Crippen LogP contribution in [-0.2, 0) is 0 Å². The fraction of sp³-hybridized carbons (Fsp3) is 0.0312. The van der Waals surface area contributed by atoms with Gasteiger partial charge in [-0.05, 0) is 140 Å². The van der Waals surface area contributed by atoms with Gasteiger partial charge >= 0.3 is 0 Å². The molecule has 2 heteroatoms. The topological polar surface area (TPSA) is 6.48 Å². The second kappa shape index (κ2) is 16.9. The molecular weight excluding hydrogens is 797 g/mol. The van der Waals surface area contributed by atoms with Crippen LogP contribution in [0.5, 0.6) is 0 Å². The summed E-state index contributed by atoms with van der Waals surface area (Å²) in [6, 6.07) is 86.6. The molecule has 0 aliphatic heterocycles. The van der Waals surface area contributed by atoms with Crippen LogP contribution < -0.4 is 9.80 Å². The average molecular weight is 843 g/mol. The molecule has 0 atom stereocenters. The maximum absolute atomic E-state index is 2.46. The van der Waals surface area contributed by atoms with Crippen molar-refractivity contribution in [1.82, 2.24) is 0 Å². The number of nitrogens with zero attached hydrogens (tertiary/aromatic N) is 2. The highest BCUT2D eigenvalue weighted by molar-refractivity contribution is 6.28. The van der Waals surface area contributed by atoms with Crippen molar-refractivity contribution in [2.45, 2.75) is 12.8 Å². The van der Waals surface area contributed by atoms with Crippen LogP contribution in [0.25, 0.3) is 71.3 Å². The summed E-state index contributed by atoms with van der Waals surface area (Å²) >= 11 is 0. The lowest BCUT2D eigenvalue weighted by Gasteiger charge is -2.30. The molecule has 0 radical (unpaired) electrons. The van der Waals surface area contributed by atoms with Gasteiger partial charge in [-0.2, -0.15) is 0 Å². The highest BCUT2D eigenvalue weighted by atomic mass is 15.1. The van der Waals surface area contributed by atoms with E-state index < -0.39 is 0 Å². The van der Waals surface area contributed by atoms with Crippen LogP contribution in [0.1, 0.15) is 18.4 Å². The summed E-state index contributed by atoms with van der Waals surface area (Å²) in [5.41, 5.74) is 16.3. The minimum Gasteiger partial charge on any atom is -0.310 e. The van der Waals surface area contributed by atoms with Crippen molar-refractivity contribution in [3.63, 3.8) is 0 Å². The number of hydrogen-bond acceptors (Lipinski definition) is 2. The van der Waals surface area contributed by atoms with E-state index in [1.807, 2.05) is 0 Å². The summed E-state index contributed by atoms with van der Waals surface area (Å²) in [7, 11) is 0. The Labute approximate surface area is 386 Å². The lowest BCUT2D eigenvalue weighted by Crippen LogP contribution is -2.12. The number of benzene rings is 11. The van der Waals surface area contributed by atoms with Crippen molar-refractivity contribution < 1.29 is 0 Å². The maximum atomic E-state index is 2.46. The number of anilines is 6. The first-order chi connectivity index (χ1) is 32.7. The highest BCUT2D eigenvalue weighted by Crippen LogP contribution is 2.48. The van der Waals surface area contributed by atoms with Crippen molar-refractivity contribution in [2.24, 2.45) is 0 Å². The zero-order valence-corrected chi connectivity index (χ0v) is 36.6. The summed E-state index contributed by atoms with van der Waals surface area (Å²) in [6.45, 7) is 0. The van der Waals surface area contributed by atoms with E-state index >= 15 is 0 Å². The summed E-state index contributed by atoms with van der Waals surface area (Å²) in [4.78, 5) is 4.92. The standard InChI is InChI=1S/C64H46N2/c1-5-17-45(18-6-1)51-25-13-29-55(41-51)65(56-30-14-26-52(42-56)46-19-7-2-8-20-46)61-39-35-49-34-38-60-62(40-36-50-33-37-59(61)63(49)64(50)60)66(57-31-15-27-53(43-57)47-21-9-3-10-22-47)58-32-16-28-54(44-58)48-23-11-4-12-24-48/h1-3,5-11,13-44H,4,12H2. The van der Waals surface area contributed by atoms with Gasteiger partial charge in [0.1, 0.15) is 0 Å². The average Bonchev–Trinajstić information content (AvgIpc) is 3.40. The van der Waals surface area contributed by atoms with Gasteiger partial charge in [0, 0.05) is 33.5 Å². The number of allylic oxidation sites excluding steroid dienone is 4. The lowest BCUT2D eigenvalue weighted by atomic mass is 9.91. The molecule has 66 heavy (non-hydrogen) atoms. The van der Waals surface area contributed by atoms with Crippen molar-refractivity contribution in [2.75, 3.05) is 9.80 Å². The van der Waals surface area contributed by atoms with E-state index in [0.29, 0.717) is 0 Å². The third-order valence-electron chi connectivity index (χ3n) is 13.2. The third-order valence-corrected chi connectivity index (χ3v) is 13.2. The summed E-state index contributed by atoms with van der Waals surface area (Å²) in [5, 5.41) is 7.37. The molecule has 0 saturated carbocycles. The number of hydrogen-bond donors (Lipinski definition) is 0. The van der Waals surface area contributed by atoms with Gasteiger partial charge in [-0.15, -0.1) is 0 Å². The molecule has 0 spiro atoms. The van der Waals surface area contributed by atoms with Crippen LogP contribution >= 0.6 is 0 Å². The van der Waals surface area contributed by atoms with Gasteiger partial charge in [0.05, 0.1) is 11.4 Å². The van der Waals surface area contributed by atoms with Gasteiger partial charge in [-0.1, -0.05) is 194 Å². The predicted octanol–water partition coefficient (Wildman–Crippen LogP) is 18.3. The van der Waals surface area contributed by atoms with Crippen LogP contribution in [0, 0.1) is 0 Å². The van der Waals surface area contributed by atoms with Crippen LogP contribution in [0.15, 0.2) is 255 Å². The first-order valence-corrected chi connectivity index (χ1v) is 23.0. The summed E-state index contributed by atoms with van der Waals surface area (Å²) in [5.74, 6) is 0. The van der Waals surface area contributed by atoms with Gasteiger partial charge in [-0.3, -0.25) is 0 Å².